The van der Waals surface area contributed by atoms with Crippen molar-refractivity contribution in [2.75, 3.05) is 0 Å². The summed E-state index contributed by atoms with van der Waals surface area (Å²) in [4.78, 5) is 0. The highest BCUT2D eigenvalue weighted by Gasteiger charge is 2.23. The molecule has 2 atom stereocenters. The van der Waals surface area contributed by atoms with E-state index in [9.17, 15) is 0 Å². The molecule has 1 heteroatoms. The molecule has 0 radical (unpaired) electrons. The van der Waals surface area contributed by atoms with Crippen LogP contribution in [0.15, 0.2) is 12.3 Å². The SMILES string of the molecule is CC(C)c1ccn2c1C(C)CCCC2C. The molecular formula is C14H23N. The first kappa shape index (κ1) is 10.8. The van der Waals surface area contributed by atoms with Gasteiger partial charge in [0.05, 0.1) is 0 Å². The van der Waals surface area contributed by atoms with Gasteiger partial charge in [-0.25, -0.2) is 0 Å². The highest BCUT2D eigenvalue weighted by atomic mass is 15.0. The summed E-state index contributed by atoms with van der Waals surface area (Å²) < 4.78 is 2.52. The van der Waals surface area contributed by atoms with Crippen LogP contribution in [0.25, 0.3) is 0 Å². The summed E-state index contributed by atoms with van der Waals surface area (Å²) in [7, 11) is 0. The van der Waals surface area contributed by atoms with Gasteiger partial charge in [0.2, 0.25) is 0 Å². The lowest BCUT2D eigenvalue weighted by molar-refractivity contribution is 0.505. The maximum absolute atomic E-state index is 2.52. The molecule has 1 nitrogen and oxygen atoms in total. The average Bonchev–Trinajstić information content (AvgIpc) is 2.56. The molecule has 2 unspecified atom stereocenters. The van der Waals surface area contributed by atoms with Gasteiger partial charge in [-0.2, -0.15) is 0 Å². The molecule has 0 aliphatic carbocycles. The first-order valence-electron chi connectivity index (χ1n) is 6.32. The molecule has 1 aromatic heterocycles. The van der Waals surface area contributed by atoms with Gasteiger partial charge in [-0.15, -0.1) is 0 Å². The number of fused-ring (bicyclic) bond motifs is 1. The van der Waals surface area contributed by atoms with E-state index in [4.69, 9.17) is 0 Å². The fraction of sp³-hybridized carbons (Fsp3) is 0.714. The number of hydrogen-bond donors (Lipinski definition) is 0. The third-order valence-electron chi connectivity index (χ3n) is 3.81. The lowest BCUT2D eigenvalue weighted by Crippen LogP contribution is -2.08. The Balaban J connectivity index is 2.47. The zero-order chi connectivity index (χ0) is 11.0. The van der Waals surface area contributed by atoms with Crippen molar-refractivity contribution in [2.45, 2.75) is 64.8 Å². The molecule has 1 aromatic rings. The van der Waals surface area contributed by atoms with Crippen LogP contribution >= 0.6 is 0 Å². The number of rotatable bonds is 1. The molecule has 0 N–H and O–H groups in total. The summed E-state index contributed by atoms with van der Waals surface area (Å²) >= 11 is 0. The molecule has 0 aromatic carbocycles. The second kappa shape index (κ2) is 4.03. The Labute approximate surface area is 93.5 Å². The van der Waals surface area contributed by atoms with Crippen molar-refractivity contribution >= 4 is 0 Å². The number of aromatic nitrogens is 1. The van der Waals surface area contributed by atoms with Gasteiger partial charge in [0.1, 0.15) is 0 Å². The first-order valence-corrected chi connectivity index (χ1v) is 6.32. The summed E-state index contributed by atoms with van der Waals surface area (Å²) in [5.41, 5.74) is 3.17. The van der Waals surface area contributed by atoms with E-state index < -0.39 is 0 Å². The zero-order valence-electron chi connectivity index (χ0n) is 10.5. The molecule has 0 spiro atoms. The molecule has 0 saturated heterocycles. The predicted octanol–water partition coefficient (Wildman–Crippen LogP) is 4.46. The molecule has 0 bridgehead atoms. The number of nitrogens with zero attached hydrogens (tertiary/aromatic N) is 1. The third kappa shape index (κ3) is 1.84. The summed E-state index contributed by atoms with van der Waals surface area (Å²) in [5, 5.41) is 0. The van der Waals surface area contributed by atoms with Crippen LogP contribution in [-0.4, -0.2) is 4.57 Å². The average molecular weight is 205 g/mol. The van der Waals surface area contributed by atoms with Crippen molar-refractivity contribution in [3.63, 3.8) is 0 Å². The number of hydrogen-bond acceptors (Lipinski definition) is 0. The monoisotopic (exact) mass is 205 g/mol. The molecular weight excluding hydrogens is 182 g/mol. The smallest absolute Gasteiger partial charge is 0.0305 e. The van der Waals surface area contributed by atoms with Crippen LogP contribution in [0.2, 0.25) is 0 Å². The van der Waals surface area contributed by atoms with Gasteiger partial charge in [-0.3, -0.25) is 0 Å². The standard InChI is InChI=1S/C14H23N/c1-10(2)13-8-9-15-12(4)7-5-6-11(3)14(13)15/h8-12H,5-7H2,1-4H3. The summed E-state index contributed by atoms with van der Waals surface area (Å²) in [6.45, 7) is 9.35. The highest BCUT2D eigenvalue weighted by molar-refractivity contribution is 5.29. The van der Waals surface area contributed by atoms with Crippen molar-refractivity contribution in [2.24, 2.45) is 0 Å². The first-order chi connectivity index (χ1) is 7.11. The molecule has 1 aliphatic rings. The Bertz CT molecular complexity index is 335. The molecule has 2 heterocycles. The summed E-state index contributed by atoms with van der Waals surface area (Å²) in [5.74, 6) is 1.40. The molecule has 1 aliphatic heterocycles. The molecule has 0 saturated carbocycles. The fourth-order valence-corrected chi connectivity index (χ4v) is 2.88. The third-order valence-corrected chi connectivity index (χ3v) is 3.81. The van der Waals surface area contributed by atoms with Crippen LogP contribution in [0.3, 0.4) is 0 Å². The van der Waals surface area contributed by atoms with Gasteiger partial charge in [-0.1, -0.05) is 27.2 Å². The minimum Gasteiger partial charge on any atom is -0.348 e. The normalized spacial score (nSPS) is 26.5. The maximum atomic E-state index is 2.52. The zero-order valence-corrected chi connectivity index (χ0v) is 10.5. The molecule has 0 fully saturated rings. The second-order valence-corrected chi connectivity index (χ2v) is 5.40. The van der Waals surface area contributed by atoms with Crippen LogP contribution < -0.4 is 0 Å². The Kier molecular flexibility index (Phi) is 2.90. The molecule has 0 amide bonds. The Morgan fingerprint density at radius 1 is 1.27 bits per heavy atom. The summed E-state index contributed by atoms with van der Waals surface area (Å²) in [6.07, 6.45) is 6.37. The van der Waals surface area contributed by atoms with Crippen LogP contribution in [0.1, 0.15) is 76.1 Å². The Morgan fingerprint density at radius 2 is 2.00 bits per heavy atom. The Hall–Kier alpha value is -0.720. The Morgan fingerprint density at radius 3 is 2.67 bits per heavy atom. The van der Waals surface area contributed by atoms with E-state index in [0.717, 1.165) is 5.92 Å². The topological polar surface area (TPSA) is 4.93 Å². The lowest BCUT2D eigenvalue weighted by atomic mass is 9.94. The van der Waals surface area contributed by atoms with E-state index in [0.29, 0.717) is 12.0 Å². The van der Waals surface area contributed by atoms with Gasteiger partial charge >= 0.3 is 0 Å². The van der Waals surface area contributed by atoms with Crippen molar-refractivity contribution in [3.05, 3.63) is 23.5 Å². The highest BCUT2D eigenvalue weighted by Crippen LogP contribution is 2.36. The van der Waals surface area contributed by atoms with E-state index >= 15 is 0 Å². The van der Waals surface area contributed by atoms with Crippen molar-refractivity contribution in [3.8, 4) is 0 Å². The second-order valence-electron chi connectivity index (χ2n) is 5.40. The van der Waals surface area contributed by atoms with Crippen molar-refractivity contribution in [1.29, 1.82) is 0 Å². The van der Waals surface area contributed by atoms with Crippen LogP contribution in [0, 0.1) is 0 Å². The maximum Gasteiger partial charge on any atom is 0.0305 e. The lowest BCUT2D eigenvalue weighted by Gasteiger charge is -2.18. The van der Waals surface area contributed by atoms with Crippen LogP contribution in [0.5, 0.6) is 0 Å². The van der Waals surface area contributed by atoms with E-state index in [1.165, 1.54) is 19.3 Å². The predicted molar refractivity (Wildman–Crippen MR) is 65.5 cm³/mol. The van der Waals surface area contributed by atoms with Gasteiger partial charge in [-0.05, 0) is 43.2 Å². The van der Waals surface area contributed by atoms with E-state index in [2.05, 4.69) is 44.5 Å². The minimum atomic E-state index is 0.661. The molecule has 15 heavy (non-hydrogen) atoms. The minimum absolute atomic E-state index is 0.661. The van der Waals surface area contributed by atoms with Crippen molar-refractivity contribution < 1.29 is 0 Å². The van der Waals surface area contributed by atoms with Crippen molar-refractivity contribution in [1.82, 2.24) is 4.57 Å². The molecule has 2 rings (SSSR count). The van der Waals surface area contributed by atoms with Crippen LogP contribution in [-0.2, 0) is 0 Å². The van der Waals surface area contributed by atoms with Gasteiger partial charge in [0.15, 0.2) is 0 Å². The van der Waals surface area contributed by atoms with Gasteiger partial charge in [0, 0.05) is 17.9 Å². The largest absolute Gasteiger partial charge is 0.348 e. The van der Waals surface area contributed by atoms with Crippen LogP contribution in [0.4, 0.5) is 0 Å². The summed E-state index contributed by atoms with van der Waals surface area (Å²) in [6, 6.07) is 3.02. The van der Waals surface area contributed by atoms with E-state index in [1.54, 1.807) is 11.3 Å². The van der Waals surface area contributed by atoms with Gasteiger partial charge < -0.3 is 4.57 Å². The quantitative estimate of drug-likeness (QED) is 0.638. The molecule has 84 valence electrons. The fourth-order valence-electron chi connectivity index (χ4n) is 2.88. The van der Waals surface area contributed by atoms with E-state index in [-0.39, 0.29) is 0 Å². The van der Waals surface area contributed by atoms with E-state index in [1.807, 2.05) is 0 Å². The van der Waals surface area contributed by atoms with Gasteiger partial charge in [0.25, 0.3) is 0 Å².